The number of benzene rings is 2. The van der Waals surface area contributed by atoms with E-state index in [2.05, 4.69) is 40.7 Å². The summed E-state index contributed by atoms with van der Waals surface area (Å²) in [5, 5.41) is 9.67. The zero-order valence-corrected chi connectivity index (χ0v) is 19.3. The van der Waals surface area contributed by atoms with Crippen molar-refractivity contribution in [1.29, 1.82) is 0 Å². The van der Waals surface area contributed by atoms with E-state index >= 15 is 0 Å². The van der Waals surface area contributed by atoms with Crippen LogP contribution in [0.1, 0.15) is 46.1 Å². The fourth-order valence-corrected chi connectivity index (χ4v) is 4.14. The molecule has 3 aromatic rings. The maximum absolute atomic E-state index is 12.5. The van der Waals surface area contributed by atoms with E-state index in [1.54, 1.807) is 7.11 Å². The third-order valence-corrected chi connectivity index (χ3v) is 5.88. The van der Waals surface area contributed by atoms with Crippen LogP contribution in [0.15, 0.2) is 53.7 Å². The average molecular weight is 424 g/mol. The molecular weight excluding hydrogens is 394 g/mol. The number of hydrogen-bond donors (Lipinski definition) is 0. The normalized spacial score (nSPS) is 11.7. The van der Waals surface area contributed by atoms with Crippen molar-refractivity contribution in [2.24, 2.45) is 5.41 Å². The summed E-state index contributed by atoms with van der Waals surface area (Å²) in [6.07, 6.45) is 0. The molecule has 0 amide bonds. The van der Waals surface area contributed by atoms with Crippen LogP contribution in [-0.2, 0) is 4.79 Å². The summed E-state index contributed by atoms with van der Waals surface area (Å²) < 4.78 is 7.36. The highest BCUT2D eigenvalue weighted by Crippen LogP contribution is 2.33. The van der Waals surface area contributed by atoms with E-state index in [0.29, 0.717) is 16.8 Å². The van der Waals surface area contributed by atoms with Gasteiger partial charge in [-0.2, -0.15) is 0 Å². The van der Waals surface area contributed by atoms with Gasteiger partial charge in [-0.15, -0.1) is 10.2 Å². The summed E-state index contributed by atoms with van der Waals surface area (Å²) in [7, 11) is 1.65. The van der Waals surface area contributed by atoms with Crippen LogP contribution in [0.5, 0.6) is 5.75 Å². The van der Waals surface area contributed by atoms with Gasteiger partial charge in [0.15, 0.2) is 11.0 Å². The molecular formula is C24H29N3O2S. The Morgan fingerprint density at radius 2 is 1.73 bits per heavy atom. The minimum absolute atomic E-state index is 0.185. The molecule has 3 rings (SSSR count). The van der Waals surface area contributed by atoms with Crippen molar-refractivity contribution in [2.75, 3.05) is 12.9 Å². The number of thioether (sulfide) groups is 1. The van der Waals surface area contributed by atoms with Gasteiger partial charge >= 0.3 is 0 Å². The maximum atomic E-state index is 12.5. The van der Waals surface area contributed by atoms with Crippen LogP contribution < -0.4 is 4.74 Å². The van der Waals surface area contributed by atoms with Crippen LogP contribution in [0.3, 0.4) is 0 Å². The lowest BCUT2D eigenvalue weighted by Crippen LogP contribution is -2.22. The Labute approximate surface area is 182 Å². The van der Waals surface area contributed by atoms with Crippen molar-refractivity contribution in [3.05, 3.63) is 54.1 Å². The molecule has 6 heteroatoms. The minimum atomic E-state index is -0.382. The lowest BCUT2D eigenvalue weighted by atomic mass is 9.92. The third kappa shape index (κ3) is 4.75. The molecule has 1 heterocycles. The van der Waals surface area contributed by atoms with Crippen LogP contribution in [0.4, 0.5) is 0 Å². The molecule has 0 saturated carbocycles. The smallest absolute Gasteiger partial charge is 0.196 e. The van der Waals surface area contributed by atoms with E-state index in [0.717, 1.165) is 22.8 Å². The maximum Gasteiger partial charge on any atom is 0.196 e. The molecule has 0 saturated heterocycles. The lowest BCUT2D eigenvalue weighted by Gasteiger charge is -2.18. The summed E-state index contributed by atoms with van der Waals surface area (Å²) in [4.78, 5) is 12.5. The van der Waals surface area contributed by atoms with Crippen molar-refractivity contribution in [2.45, 2.75) is 45.7 Å². The van der Waals surface area contributed by atoms with Crippen LogP contribution >= 0.6 is 11.8 Å². The number of nitrogens with zero attached hydrogens (tertiary/aromatic N) is 3. The summed E-state index contributed by atoms with van der Waals surface area (Å²) in [6.45, 7) is 10.2. The highest BCUT2D eigenvalue weighted by Gasteiger charge is 2.24. The molecule has 0 aliphatic rings. The monoisotopic (exact) mass is 423 g/mol. The van der Waals surface area contributed by atoms with Crippen molar-refractivity contribution in [3.63, 3.8) is 0 Å². The second kappa shape index (κ2) is 9.04. The highest BCUT2D eigenvalue weighted by molar-refractivity contribution is 7.99. The molecule has 0 bridgehead atoms. The number of carbonyl (C=O) groups is 1. The van der Waals surface area contributed by atoms with Gasteiger partial charge in [0.25, 0.3) is 0 Å². The Morgan fingerprint density at radius 1 is 1.07 bits per heavy atom. The molecule has 0 spiro atoms. The van der Waals surface area contributed by atoms with Gasteiger partial charge in [-0.3, -0.25) is 9.36 Å². The zero-order chi connectivity index (χ0) is 21.9. The van der Waals surface area contributed by atoms with Gasteiger partial charge in [0.1, 0.15) is 11.5 Å². The Kier molecular flexibility index (Phi) is 6.66. The van der Waals surface area contributed by atoms with Gasteiger partial charge in [-0.1, -0.05) is 64.6 Å². The Hall–Kier alpha value is -2.60. The number of ketones is 1. The molecule has 0 aliphatic carbocycles. The number of para-hydroxylation sites is 1. The number of carbonyl (C=O) groups excluding carboxylic acids is 1. The quantitative estimate of drug-likeness (QED) is 0.451. The Bertz CT molecular complexity index is 1020. The Morgan fingerprint density at radius 3 is 2.33 bits per heavy atom. The second-order valence-corrected chi connectivity index (χ2v) is 9.49. The topological polar surface area (TPSA) is 57.0 Å². The largest absolute Gasteiger partial charge is 0.497 e. The molecule has 0 aliphatic heterocycles. The molecule has 5 nitrogen and oxygen atoms in total. The van der Waals surface area contributed by atoms with E-state index in [1.807, 2.05) is 57.2 Å². The first-order valence-electron chi connectivity index (χ1n) is 10.1. The standard InChI is InChI=1S/C24H29N3O2S/c1-16(2)19-9-7-8-10-20(19)27-22(17-11-13-18(29-6)14-12-17)25-26-23(27)30-15-21(28)24(3,4)5/h7-14,16H,15H2,1-6H3. The minimum Gasteiger partial charge on any atom is -0.497 e. The number of hydrogen-bond acceptors (Lipinski definition) is 5. The average Bonchev–Trinajstić information content (AvgIpc) is 3.15. The first-order chi connectivity index (χ1) is 14.2. The molecule has 1 aromatic heterocycles. The SMILES string of the molecule is COc1ccc(-c2nnc(SCC(=O)C(C)(C)C)n2-c2ccccc2C(C)C)cc1. The second-order valence-electron chi connectivity index (χ2n) is 8.55. The number of rotatable bonds is 7. The van der Waals surface area contributed by atoms with E-state index in [4.69, 9.17) is 4.74 Å². The van der Waals surface area contributed by atoms with Crippen molar-refractivity contribution in [3.8, 4) is 22.8 Å². The van der Waals surface area contributed by atoms with E-state index in [-0.39, 0.29) is 11.2 Å². The first kappa shape index (κ1) is 22.1. The van der Waals surface area contributed by atoms with Crippen LogP contribution in [-0.4, -0.2) is 33.4 Å². The van der Waals surface area contributed by atoms with Crippen LogP contribution in [0, 0.1) is 5.41 Å². The van der Waals surface area contributed by atoms with Crippen LogP contribution in [0.2, 0.25) is 0 Å². The highest BCUT2D eigenvalue weighted by atomic mass is 32.2. The molecule has 30 heavy (non-hydrogen) atoms. The number of methoxy groups -OCH3 is 1. The molecule has 0 fully saturated rings. The summed E-state index contributed by atoms with van der Waals surface area (Å²) >= 11 is 1.44. The Balaban J connectivity index is 2.10. The molecule has 0 atom stereocenters. The van der Waals surface area contributed by atoms with Crippen molar-refractivity contribution in [1.82, 2.24) is 14.8 Å². The summed E-state index contributed by atoms with van der Waals surface area (Å²) in [5.74, 6) is 2.41. The fraction of sp³-hybridized carbons (Fsp3) is 0.375. The van der Waals surface area contributed by atoms with Gasteiger partial charge in [0.2, 0.25) is 0 Å². The molecule has 2 aromatic carbocycles. The van der Waals surface area contributed by atoms with Crippen molar-refractivity contribution >= 4 is 17.5 Å². The van der Waals surface area contributed by atoms with Crippen LogP contribution in [0.25, 0.3) is 17.1 Å². The third-order valence-electron chi connectivity index (χ3n) is 4.95. The first-order valence-corrected chi connectivity index (χ1v) is 11.1. The van der Waals surface area contributed by atoms with Gasteiger partial charge < -0.3 is 4.74 Å². The lowest BCUT2D eigenvalue weighted by molar-refractivity contribution is -0.123. The van der Waals surface area contributed by atoms with Gasteiger partial charge in [-0.25, -0.2) is 0 Å². The summed E-state index contributed by atoms with van der Waals surface area (Å²) in [5.41, 5.74) is 2.80. The fourth-order valence-electron chi connectivity index (χ4n) is 3.03. The number of Topliss-reactive ketones (excluding diaryl/α,β-unsaturated/α-hetero) is 1. The zero-order valence-electron chi connectivity index (χ0n) is 18.5. The number of ether oxygens (including phenoxy) is 1. The molecule has 0 radical (unpaired) electrons. The molecule has 0 N–H and O–H groups in total. The van der Waals surface area contributed by atoms with Gasteiger partial charge in [0.05, 0.1) is 18.6 Å². The van der Waals surface area contributed by atoms with Gasteiger partial charge in [-0.05, 0) is 41.8 Å². The predicted octanol–water partition coefficient (Wildman–Crippen LogP) is 5.77. The molecule has 158 valence electrons. The van der Waals surface area contributed by atoms with Crippen molar-refractivity contribution < 1.29 is 9.53 Å². The van der Waals surface area contributed by atoms with E-state index in [9.17, 15) is 4.79 Å². The van der Waals surface area contributed by atoms with E-state index in [1.165, 1.54) is 17.3 Å². The predicted molar refractivity (Wildman–Crippen MR) is 123 cm³/mol. The van der Waals surface area contributed by atoms with Gasteiger partial charge in [0, 0.05) is 11.0 Å². The summed E-state index contributed by atoms with van der Waals surface area (Å²) in [6, 6.07) is 16.1. The van der Waals surface area contributed by atoms with E-state index < -0.39 is 0 Å². The molecule has 0 unspecified atom stereocenters. The number of aromatic nitrogens is 3.